The van der Waals surface area contributed by atoms with Crippen molar-refractivity contribution in [1.82, 2.24) is 0 Å². The number of ether oxygens (including phenoxy) is 2. The molecule has 1 heterocycles. The van der Waals surface area contributed by atoms with E-state index >= 15 is 0 Å². The molecule has 0 unspecified atom stereocenters. The predicted octanol–water partition coefficient (Wildman–Crippen LogP) is 1.51. The summed E-state index contributed by atoms with van der Waals surface area (Å²) in [7, 11) is 1.33. The zero-order valence-electron chi connectivity index (χ0n) is 13.7. The number of carbonyl (C=O) groups excluding carboxylic acids is 1. The van der Waals surface area contributed by atoms with E-state index in [1.807, 2.05) is 13.8 Å². The highest BCUT2D eigenvalue weighted by atomic mass is 16.6. The number of benzene rings is 1. The highest BCUT2D eigenvalue weighted by Crippen LogP contribution is 2.31. The number of esters is 1. The Kier molecular flexibility index (Phi) is 5.20. The van der Waals surface area contributed by atoms with Gasteiger partial charge in [-0.1, -0.05) is 0 Å². The van der Waals surface area contributed by atoms with E-state index < -0.39 is 16.5 Å². The number of nitrogens with two attached hydrogens (primary N) is 1. The van der Waals surface area contributed by atoms with Gasteiger partial charge in [0.15, 0.2) is 5.75 Å². The van der Waals surface area contributed by atoms with Crippen LogP contribution in [0.15, 0.2) is 18.2 Å². The molecule has 1 saturated heterocycles. The molecule has 1 aromatic rings. The van der Waals surface area contributed by atoms with Crippen molar-refractivity contribution >= 4 is 11.7 Å². The van der Waals surface area contributed by atoms with Gasteiger partial charge in [0.1, 0.15) is 5.60 Å². The number of rotatable bonds is 5. The highest BCUT2D eigenvalue weighted by molar-refractivity contribution is 5.90. The minimum atomic E-state index is -0.569. The second-order valence-corrected chi connectivity index (χ2v) is 6.28. The van der Waals surface area contributed by atoms with E-state index in [4.69, 9.17) is 9.47 Å². The number of hydrogen-bond donors (Lipinski definition) is 1. The van der Waals surface area contributed by atoms with Gasteiger partial charge in [0.2, 0.25) is 0 Å². The molecular weight excluding hydrogens is 300 g/mol. The Hall–Kier alpha value is -2.15. The molecule has 0 atom stereocenters. The number of piperidine rings is 1. The molecule has 0 aliphatic carbocycles. The van der Waals surface area contributed by atoms with Gasteiger partial charge in [0.25, 0.3) is 0 Å². The van der Waals surface area contributed by atoms with Gasteiger partial charge >= 0.3 is 11.7 Å². The lowest BCUT2D eigenvalue weighted by molar-refractivity contribution is -0.665. The predicted molar refractivity (Wildman–Crippen MR) is 83.5 cm³/mol. The molecule has 23 heavy (non-hydrogen) atoms. The summed E-state index contributed by atoms with van der Waals surface area (Å²) >= 11 is 0. The minimum Gasteiger partial charge on any atom is -0.490 e. The Labute approximate surface area is 135 Å². The standard InChI is InChI=1S/C16H22N2O5/c1-16(2,12-6-8-17-9-7-12)23-15(19)11-4-5-13(18(20)21)14(10-11)22-3/h4-5,10,12,17H,6-9H2,1-3H3/p+1. The van der Waals surface area contributed by atoms with Crippen molar-refractivity contribution in [3.05, 3.63) is 33.9 Å². The first-order chi connectivity index (χ1) is 10.8. The Morgan fingerprint density at radius 2 is 2.00 bits per heavy atom. The smallest absolute Gasteiger partial charge is 0.338 e. The summed E-state index contributed by atoms with van der Waals surface area (Å²) in [6.45, 7) is 5.92. The van der Waals surface area contributed by atoms with Gasteiger partial charge in [0, 0.05) is 30.9 Å². The molecule has 2 N–H and O–H groups in total. The van der Waals surface area contributed by atoms with Crippen molar-refractivity contribution in [2.75, 3.05) is 20.2 Å². The van der Waals surface area contributed by atoms with Gasteiger partial charge in [-0.3, -0.25) is 10.1 Å². The largest absolute Gasteiger partial charge is 0.490 e. The highest BCUT2D eigenvalue weighted by Gasteiger charge is 2.35. The topological polar surface area (TPSA) is 95.3 Å². The summed E-state index contributed by atoms with van der Waals surface area (Å²) in [5, 5.41) is 13.2. The van der Waals surface area contributed by atoms with Crippen LogP contribution in [0.25, 0.3) is 0 Å². The molecule has 0 radical (unpaired) electrons. The first kappa shape index (κ1) is 17.2. The zero-order chi connectivity index (χ0) is 17.0. The fourth-order valence-corrected chi connectivity index (χ4v) is 2.96. The van der Waals surface area contributed by atoms with Gasteiger partial charge in [0.05, 0.1) is 30.7 Å². The third-order valence-corrected chi connectivity index (χ3v) is 4.39. The van der Waals surface area contributed by atoms with Gasteiger partial charge < -0.3 is 14.8 Å². The third-order valence-electron chi connectivity index (χ3n) is 4.39. The summed E-state index contributed by atoms with van der Waals surface area (Å²) < 4.78 is 10.7. The van der Waals surface area contributed by atoms with E-state index in [0.717, 1.165) is 25.9 Å². The molecule has 1 aromatic carbocycles. The number of quaternary nitrogens is 1. The fourth-order valence-electron chi connectivity index (χ4n) is 2.96. The van der Waals surface area contributed by atoms with E-state index in [9.17, 15) is 14.9 Å². The van der Waals surface area contributed by atoms with Crippen LogP contribution in [-0.4, -0.2) is 36.7 Å². The molecule has 2 rings (SSSR count). The molecule has 0 bridgehead atoms. The molecule has 0 spiro atoms. The van der Waals surface area contributed by atoms with Crippen LogP contribution in [0, 0.1) is 16.0 Å². The number of nitrogens with zero attached hydrogens (tertiary/aromatic N) is 1. The summed E-state index contributed by atoms with van der Waals surface area (Å²) in [6, 6.07) is 4.01. The maximum Gasteiger partial charge on any atom is 0.338 e. The van der Waals surface area contributed by atoms with Crippen molar-refractivity contribution in [2.24, 2.45) is 5.92 Å². The molecule has 1 aliphatic heterocycles. The zero-order valence-corrected chi connectivity index (χ0v) is 13.7. The molecule has 0 aromatic heterocycles. The number of hydrogen-bond acceptors (Lipinski definition) is 5. The van der Waals surface area contributed by atoms with Gasteiger partial charge in [-0.15, -0.1) is 0 Å². The van der Waals surface area contributed by atoms with E-state index in [0.29, 0.717) is 5.92 Å². The maximum absolute atomic E-state index is 12.4. The second kappa shape index (κ2) is 6.95. The van der Waals surface area contributed by atoms with Crippen molar-refractivity contribution in [3.63, 3.8) is 0 Å². The molecule has 1 fully saturated rings. The Morgan fingerprint density at radius 1 is 1.35 bits per heavy atom. The molecular formula is C16H23N2O5+. The average Bonchev–Trinajstić information content (AvgIpc) is 2.54. The number of nitro groups is 1. The van der Waals surface area contributed by atoms with Crippen molar-refractivity contribution < 1.29 is 24.5 Å². The minimum absolute atomic E-state index is 0.0505. The quantitative estimate of drug-likeness (QED) is 0.503. The lowest BCUT2D eigenvalue weighted by atomic mass is 9.83. The lowest BCUT2D eigenvalue weighted by Gasteiger charge is -2.35. The van der Waals surface area contributed by atoms with Crippen LogP contribution in [0.2, 0.25) is 0 Å². The van der Waals surface area contributed by atoms with Crippen molar-refractivity contribution in [2.45, 2.75) is 32.3 Å². The van der Waals surface area contributed by atoms with Crippen LogP contribution in [0.1, 0.15) is 37.0 Å². The van der Waals surface area contributed by atoms with Crippen LogP contribution in [0.3, 0.4) is 0 Å². The van der Waals surface area contributed by atoms with Gasteiger partial charge in [-0.25, -0.2) is 4.79 Å². The third kappa shape index (κ3) is 3.98. The average molecular weight is 323 g/mol. The van der Waals surface area contributed by atoms with Crippen LogP contribution >= 0.6 is 0 Å². The van der Waals surface area contributed by atoms with Crippen molar-refractivity contribution in [3.8, 4) is 5.75 Å². The van der Waals surface area contributed by atoms with Crippen LogP contribution < -0.4 is 10.1 Å². The molecule has 7 heteroatoms. The second-order valence-electron chi connectivity index (χ2n) is 6.28. The molecule has 1 aliphatic rings. The number of nitro benzene ring substituents is 1. The summed E-state index contributed by atoms with van der Waals surface area (Å²) in [4.78, 5) is 22.8. The van der Waals surface area contributed by atoms with Gasteiger partial charge in [-0.2, -0.15) is 0 Å². The van der Waals surface area contributed by atoms with E-state index in [1.165, 1.54) is 25.3 Å². The molecule has 0 amide bonds. The van der Waals surface area contributed by atoms with Crippen molar-refractivity contribution in [1.29, 1.82) is 0 Å². The van der Waals surface area contributed by atoms with E-state index in [-0.39, 0.29) is 17.0 Å². The van der Waals surface area contributed by atoms with E-state index in [2.05, 4.69) is 5.32 Å². The van der Waals surface area contributed by atoms with Crippen LogP contribution in [-0.2, 0) is 4.74 Å². The van der Waals surface area contributed by atoms with Crippen LogP contribution in [0.4, 0.5) is 5.69 Å². The van der Waals surface area contributed by atoms with E-state index in [1.54, 1.807) is 0 Å². The number of methoxy groups -OCH3 is 1. The molecule has 7 nitrogen and oxygen atoms in total. The molecule has 0 saturated carbocycles. The number of carbonyl (C=O) groups is 1. The summed E-state index contributed by atoms with van der Waals surface area (Å²) in [5.74, 6) is -0.122. The van der Waals surface area contributed by atoms with Gasteiger partial charge in [-0.05, 0) is 19.9 Å². The lowest BCUT2D eigenvalue weighted by Crippen LogP contribution is -2.86. The Balaban J connectivity index is 2.15. The summed E-state index contributed by atoms with van der Waals surface area (Å²) in [6.07, 6.45) is 2.01. The SMILES string of the molecule is COc1cc(C(=O)OC(C)(C)C2CC[NH2+]CC2)ccc1[N+](=O)[O-]. The molecule has 126 valence electrons. The maximum atomic E-state index is 12.4. The van der Waals surface area contributed by atoms with Crippen LogP contribution in [0.5, 0.6) is 5.75 Å². The first-order valence-corrected chi connectivity index (χ1v) is 7.72. The fraction of sp³-hybridized carbons (Fsp3) is 0.562. The Morgan fingerprint density at radius 3 is 2.57 bits per heavy atom. The summed E-state index contributed by atoms with van der Waals surface area (Å²) in [5.41, 5.74) is -0.491. The monoisotopic (exact) mass is 323 g/mol. The Bertz CT molecular complexity index is 594. The normalized spacial score (nSPS) is 16.0. The first-order valence-electron chi connectivity index (χ1n) is 7.72.